The van der Waals surface area contributed by atoms with Gasteiger partial charge in [0.2, 0.25) is 0 Å². The molecule has 1 fully saturated rings. The Hall–Kier alpha value is -1.57. The Labute approximate surface area is 108 Å². The first-order chi connectivity index (χ1) is 8.70. The SMILES string of the molecule is Cc1c(C(=O)C2CCCC2)c2ccccc2n1C. The molecule has 1 heterocycles. The van der Waals surface area contributed by atoms with Gasteiger partial charge in [-0.15, -0.1) is 0 Å². The molecule has 2 aromatic rings. The smallest absolute Gasteiger partial charge is 0.168 e. The van der Waals surface area contributed by atoms with E-state index in [0.717, 1.165) is 35.0 Å². The third-order valence-electron chi connectivity index (χ3n) is 4.37. The van der Waals surface area contributed by atoms with Gasteiger partial charge in [0, 0.05) is 35.1 Å². The molecule has 0 radical (unpaired) electrons. The lowest BCUT2D eigenvalue weighted by Gasteiger charge is -2.08. The van der Waals surface area contributed by atoms with Crippen LogP contribution in [-0.2, 0) is 7.05 Å². The molecule has 1 saturated carbocycles. The standard InChI is InChI=1S/C16H19NO/c1-11-15(16(18)12-7-3-4-8-12)13-9-5-6-10-14(13)17(11)2/h5-6,9-10,12H,3-4,7-8H2,1-2H3. The topological polar surface area (TPSA) is 22.0 Å². The maximum absolute atomic E-state index is 12.7. The van der Waals surface area contributed by atoms with Crippen LogP contribution in [0.2, 0.25) is 0 Å². The van der Waals surface area contributed by atoms with E-state index in [0.29, 0.717) is 5.78 Å². The van der Waals surface area contributed by atoms with Gasteiger partial charge in [-0.25, -0.2) is 0 Å². The molecule has 18 heavy (non-hydrogen) atoms. The second-order valence-electron chi connectivity index (χ2n) is 5.38. The lowest BCUT2D eigenvalue weighted by atomic mass is 9.94. The predicted octanol–water partition coefficient (Wildman–Crippen LogP) is 3.86. The van der Waals surface area contributed by atoms with Crippen LogP contribution in [-0.4, -0.2) is 10.4 Å². The zero-order valence-corrected chi connectivity index (χ0v) is 11.1. The first-order valence-electron chi connectivity index (χ1n) is 6.78. The molecule has 0 aliphatic heterocycles. The van der Waals surface area contributed by atoms with Crippen molar-refractivity contribution < 1.29 is 4.79 Å². The van der Waals surface area contributed by atoms with Crippen LogP contribution in [0.3, 0.4) is 0 Å². The summed E-state index contributed by atoms with van der Waals surface area (Å²) in [4.78, 5) is 12.7. The van der Waals surface area contributed by atoms with Crippen molar-refractivity contribution in [3.8, 4) is 0 Å². The highest BCUT2D eigenvalue weighted by atomic mass is 16.1. The van der Waals surface area contributed by atoms with Gasteiger partial charge in [0.05, 0.1) is 0 Å². The molecule has 0 bridgehead atoms. The molecule has 0 spiro atoms. The van der Waals surface area contributed by atoms with Crippen LogP contribution in [0.25, 0.3) is 10.9 Å². The fourth-order valence-corrected chi connectivity index (χ4v) is 3.22. The van der Waals surface area contributed by atoms with Crippen molar-refractivity contribution in [1.29, 1.82) is 0 Å². The second-order valence-corrected chi connectivity index (χ2v) is 5.38. The summed E-state index contributed by atoms with van der Waals surface area (Å²) >= 11 is 0. The number of carbonyl (C=O) groups is 1. The first kappa shape index (κ1) is 11.5. The van der Waals surface area contributed by atoms with Gasteiger partial charge in [0.25, 0.3) is 0 Å². The van der Waals surface area contributed by atoms with Gasteiger partial charge in [-0.1, -0.05) is 31.0 Å². The third kappa shape index (κ3) is 1.59. The predicted molar refractivity (Wildman–Crippen MR) is 73.9 cm³/mol. The highest BCUT2D eigenvalue weighted by Crippen LogP contribution is 2.33. The summed E-state index contributed by atoms with van der Waals surface area (Å²) < 4.78 is 2.14. The Bertz CT molecular complexity index is 603. The highest BCUT2D eigenvalue weighted by Gasteiger charge is 2.27. The zero-order chi connectivity index (χ0) is 12.7. The zero-order valence-electron chi connectivity index (χ0n) is 11.1. The van der Waals surface area contributed by atoms with Crippen molar-refractivity contribution in [2.45, 2.75) is 32.6 Å². The minimum atomic E-state index is 0.259. The second kappa shape index (κ2) is 4.27. The van der Waals surface area contributed by atoms with Crippen LogP contribution >= 0.6 is 0 Å². The average Bonchev–Trinajstić information content (AvgIpc) is 2.99. The van der Waals surface area contributed by atoms with E-state index in [1.54, 1.807) is 0 Å². The quantitative estimate of drug-likeness (QED) is 0.732. The van der Waals surface area contributed by atoms with Gasteiger partial charge in [-0.3, -0.25) is 4.79 Å². The molecule has 0 saturated heterocycles. The molecule has 0 unspecified atom stereocenters. The summed E-state index contributed by atoms with van der Waals surface area (Å²) in [6.07, 6.45) is 4.56. The highest BCUT2D eigenvalue weighted by molar-refractivity contribution is 6.10. The van der Waals surface area contributed by atoms with E-state index < -0.39 is 0 Å². The Morgan fingerprint density at radius 3 is 2.61 bits per heavy atom. The first-order valence-corrected chi connectivity index (χ1v) is 6.78. The Kier molecular flexibility index (Phi) is 2.73. The number of ketones is 1. The summed E-state index contributed by atoms with van der Waals surface area (Å²) in [5, 5.41) is 1.12. The largest absolute Gasteiger partial charge is 0.347 e. The number of hydrogen-bond donors (Lipinski definition) is 0. The van der Waals surface area contributed by atoms with Gasteiger partial charge in [0.15, 0.2) is 5.78 Å². The minimum absolute atomic E-state index is 0.259. The normalized spacial score (nSPS) is 16.6. The van der Waals surface area contributed by atoms with Crippen LogP contribution in [0, 0.1) is 12.8 Å². The van der Waals surface area contributed by atoms with Gasteiger partial charge in [0.1, 0.15) is 0 Å². The number of nitrogens with zero attached hydrogens (tertiary/aromatic N) is 1. The van der Waals surface area contributed by atoms with E-state index in [1.807, 2.05) is 19.2 Å². The van der Waals surface area contributed by atoms with Crippen LogP contribution < -0.4 is 0 Å². The monoisotopic (exact) mass is 241 g/mol. The summed E-state index contributed by atoms with van der Waals surface area (Å²) in [6.45, 7) is 2.06. The average molecular weight is 241 g/mol. The fraction of sp³-hybridized carbons (Fsp3) is 0.438. The summed E-state index contributed by atoms with van der Waals surface area (Å²) in [6, 6.07) is 8.22. The summed E-state index contributed by atoms with van der Waals surface area (Å²) in [5.74, 6) is 0.622. The third-order valence-corrected chi connectivity index (χ3v) is 4.37. The Morgan fingerprint density at radius 2 is 1.89 bits per heavy atom. The van der Waals surface area contributed by atoms with E-state index >= 15 is 0 Å². The molecular formula is C16H19NO. The fourth-order valence-electron chi connectivity index (χ4n) is 3.22. The molecule has 2 heteroatoms. The number of fused-ring (bicyclic) bond motifs is 1. The Balaban J connectivity index is 2.16. The number of hydrogen-bond acceptors (Lipinski definition) is 1. The van der Waals surface area contributed by atoms with Crippen molar-refractivity contribution in [2.75, 3.05) is 0 Å². The Morgan fingerprint density at radius 1 is 1.22 bits per heavy atom. The van der Waals surface area contributed by atoms with Crippen molar-refractivity contribution >= 4 is 16.7 Å². The van der Waals surface area contributed by atoms with E-state index in [4.69, 9.17) is 0 Å². The number of aromatic nitrogens is 1. The van der Waals surface area contributed by atoms with E-state index in [9.17, 15) is 4.79 Å². The maximum Gasteiger partial charge on any atom is 0.168 e. The molecule has 1 aliphatic rings. The number of para-hydroxylation sites is 1. The van der Waals surface area contributed by atoms with Crippen LogP contribution in [0.1, 0.15) is 41.7 Å². The molecule has 1 aromatic heterocycles. The van der Waals surface area contributed by atoms with Crippen molar-refractivity contribution in [1.82, 2.24) is 4.57 Å². The van der Waals surface area contributed by atoms with E-state index in [-0.39, 0.29) is 5.92 Å². The lowest BCUT2D eigenvalue weighted by molar-refractivity contribution is 0.0923. The van der Waals surface area contributed by atoms with Gasteiger partial charge in [-0.05, 0) is 25.8 Å². The van der Waals surface area contributed by atoms with Crippen molar-refractivity contribution in [3.63, 3.8) is 0 Å². The molecule has 0 amide bonds. The molecule has 1 aromatic carbocycles. The van der Waals surface area contributed by atoms with Crippen LogP contribution in [0.15, 0.2) is 24.3 Å². The van der Waals surface area contributed by atoms with Gasteiger partial charge < -0.3 is 4.57 Å². The van der Waals surface area contributed by atoms with Crippen molar-refractivity contribution in [2.24, 2.45) is 13.0 Å². The van der Waals surface area contributed by atoms with E-state index in [2.05, 4.69) is 23.6 Å². The van der Waals surface area contributed by atoms with Gasteiger partial charge >= 0.3 is 0 Å². The molecule has 94 valence electrons. The number of aryl methyl sites for hydroxylation is 1. The minimum Gasteiger partial charge on any atom is -0.347 e. The van der Waals surface area contributed by atoms with E-state index in [1.165, 1.54) is 12.8 Å². The molecule has 0 N–H and O–H groups in total. The molecule has 3 rings (SSSR count). The lowest BCUT2D eigenvalue weighted by Crippen LogP contribution is -2.12. The maximum atomic E-state index is 12.7. The molecule has 0 atom stereocenters. The van der Waals surface area contributed by atoms with Gasteiger partial charge in [-0.2, -0.15) is 0 Å². The van der Waals surface area contributed by atoms with Crippen molar-refractivity contribution in [3.05, 3.63) is 35.5 Å². The number of rotatable bonds is 2. The molecule has 2 nitrogen and oxygen atoms in total. The van der Waals surface area contributed by atoms with Crippen LogP contribution in [0.5, 0.6) is 0 Å². The molecular weight excluding hydrogens is 222 g/mol. The summed E-state index contributed by atoms with van der Waals surface area (Å²) in [7, 11) is 2.04. The number of Topliss-reactive ketones (excluding diaryl/α,β-unsaturated/α-hetero) is 1. The number of benzene rings is 1. The summed E-state index contributed by atoms with van der Waals surface area (Å²) in [5.41, 5.74) is 3.23. The van der Waals surface area contributed by atoms with Crippen LogP contribution in [0.4, 0.5) is 0 Å². The molecule has 1 aliphatic carbocycles. The number of carbonyl (C=O) groups excluding carboxylic acids is 1.